The van der Waals surface area contributed by atoms with E-state index in [2.05, 4.69) is 37.1 Å². The van der Waals surface area contributed by atoms with Gasteiger partial charge in [-0.15, -0.1) is 0 Å². The van der Waals surface area contributed by atoms with Crippen molar-refractivity contribution in [2.24, 2.45) is 0 Å². The first-order chi connectivity index (χ1) is 17.4. The standard InChI is InChI=1S/C25H32N8O3/c1-6-23(34)28-19-11-20(22(35-5)12-21(19)32-7-9-36-10-8-32)29-25-26-13-17(2)24(30-25)33-16-18(14-27-33)15-31(3)4/h6,11-14,16H,1,7-10,15H2,2-5H3,(H,28,34)(H,26,29,30). The number of carbonyl (C=O) groups excluding carboxylic acids is 1. The number of ether oxygens (including phenoxy) is 2. The third-order valence-electron chi connectivity index (χ3n) is 5.66. The van der Waals surface area contributed by atoms with Crippen LogP contribution in [0.2, 0.25) is 0 Å². The van der Waals surface area contributed by atoms with Crippen molar-refractivity contribution in [3.05, 3.63) is 54.5 Å². The number of hydrogen-bond acceptors (Lipinski definition) is 9. The topological polar surface area (TPSA) is 110 Å². The van der Waals surface area contributed by atoms with Crippen LogP contribution >= 0.6 is 0 Å². The number of anilines is 4. The number of hydrogen-bond donors (Lipinski definition) is 2. The number of benzene rings is 1. The Bertz CT molecular complexity index is 1230. The molecule has 1 amide bonds. The molecule has 2 N–H and O–H groups in total. The molecule has 0 spiro atoms. The van der Waals surface area contributed by atoms with Gasteiger partial charge in [0.15, 0.2) is 5.82 Å². The number of aryl methyl sites for hydroxylation is 1. The molecule has 0 unspecified atom stereocenters. The van der Waals surface area contributed by atoms with Crippen LogP contribution in [0.25, 0.3) is 5.82 Å². The van der Waals surface area contributed by atoms with Crippen LogP contribution in [0.15, 0.2) is 43.4 Å². The minimum Gasteiger partial charge on any atom is -0.494 e. The van der Waals surface area contributed by atoms with Gasteiger partial charge < -0.3 is 29.9 Å². The SMILES string of the molecule is C=CC(=O)Nc1cc(Nc2ncc(C)c(-n3cc(CN(C)C)cn3)n2)c(OC)cc1N1CCOCC1. The van der Waals surface area contributed by atoms with E-state index in [0.29, 0.717) is 55.2 Å². The van der Waals surface area contributed by atoms with Crippen LogP contribution in [-0.2, 0) is 16.1 Å². The third kappa shape index (κ3) is 5.81. The molecule has 0 saturated carbocycles. The van der Waals surface area contributed by atoms with E-state index in [9.17, 15) is 4.79 Å². The molecule has 1 aliphatic rings. The Morgan fingerprint density at radius 2 is 2.03 bits per heavy atom. The second-order valence-electron chi connectivity index (χ2n) is 8.72. The fraction of sp³-hybridized carbons (Fsp3) is 0.360. The highest BCUT2D eigenvalue weighted by atomic mass is 16.5. The third-order valence-corrected chi connectivity index (χ3v) is 5.66. The lowest BCUT2D eigenvalue weighted by Gasteiger charge is -2.31. The fourth-order valence-corrected chi connectivity index (χ4v) is 3.95. The molecule has 1 fully saturated rings. The van der Waals surface area contributed by atoms with Gasteiger partial charge in [-0.1, -0.05) is 6.58 Å². The van der Waals surface area contributed by atoms with Gasteiger partial charge in [0.2, 0.25) is 11.9 Å². The van der Waals surface area contributed by atoms with Crippen LogP contribution < -0.4 is 20.3 Å². The molecule has 36 heavy (non-hydrogen) atoms. The average Bonchev–Trinajstić information content (AvgIpc) is 3.33. The van der Waals surface area contributed by atoms with E-state index in [-0.39, 0.29) is 5.91 Å². The molecule has 4 rings (SSSR count). The fourth-order valence-electron chi connectivity index (χ4n) is 3.95. The van der Waals surface area contributed by atoms with Crippen LogP contribution in [0.3, 0.4) is 0 Å². The lowest BCUT2D eigenvalue weighted by molar-refractivity contribution is -0.111. The quantitative estimate of drug-likeness (QED) is 0.436. The van der Waals surface area contributed by atoms with Gasteiger partial charge in [0.25, 0.3) is 0 Å². The molecule has 0 radical (unpaired) electrons. The summed E-state index contributed by atoms with van der Waals surface area (Å²) in [5, 5.41) is 10.6. The highest BCUT2D eigenvalue weighted by Gasteiger charge is 2.20. The Morgan fingerprint density at radius 3 is 2.72 bits per heavy atom. The van der Waals surface area contributed by atoms with E-state index >= 15 is 0 Å². The summed E-state index contributed by atoms with van der Waals surface area (Å²) in [6, 6.07) is 3.71. The van der Waals surface area contributed by atoms with Crippen molar-refractivity contribution >= 4 is 28.9 Å². The number of nitrogens with one attached hydrogen (secondary N) is 2. The summed E-state index contributed by atoms with van der Waals surface area (Å²) in [5.74, 6) is 1.33. The van der Waals surface area contributed by atoms with E-state index in [1.54, 1.807) is 18.0 Å². The number of methoxy groups -OCH3 is 1. The Balaban J connectivity index is 1.68. The van der Waals surface area contributed by atoms with Crippen LogP contribution in [0.5, 0.6) is 5.75 Å². The normalized spacial score (nSPS) is 13.5. The van der Waals surface area contributed by atoms with Crippen LogP contribution in [0.4, 0.5) is 23.0 Å². The molecule has 0 bridgehead atoms. The molecule has 1 aliphatic heterocycles. The van der Waals surface area contributed by atoms with E-state index < -0.39 is 0 Å². The van der Waals surface area contributed by atoms with Crippen molar-refractivity contribution in [2.75, 3.05) is 63.0 Å². The van der Waals surface area contributed by atoms with Gasteiger partial charge in [-0.2, -0.15) is 10.1 Å². The molecular formula is C25H32N8O3. The summed E-state index contributed by atoms with van der Waals surface area (Å²) < 4.78 is 12.9. The van der Waals surface area contributed by atoms with Crippen LogP contribution in [-0.4, -0.2) is 78.1 Å². The predicted octanol–water partition coefficient (Wildman–Crippen LogP) is 2.75. The van der Waals surface area contributed by atoms with E-state index in [0.717, 1.165) is 23.4 Å². The maximum Gasteiger partial charge on any atom is 0.247 e. The van der Waals surface area contributed by atoms with Gasteiger partial charge in [0.05, 0.1) is 43.6 Å². The Hall–Kier alpha value is -3.96. The minimum atomic E-state index is -0.304. The molecule has 11 nitrogen and oxygen atoms in total. The number of aromatic nitrogens is 4. The van der Waals surface area contributed by atoms with Crippen LogP contribution in [0.1, 0.15) is 11.1 Å². The van der Waals surface area contributed by atoms with Crippen molar-refractivity contribution in [3.63, 3.8) is 0 Å². The van der Waals surface area contributed by atoms with Crippen molar-refractivity contribution in [1.82, 2.24) is 24.6 Å². The molecule has 190 valence electrons. The largest absolute Gasteiger partial charge is 0.494 e. The molecular weight excluding hydrogens is 460 g/mol. The summed E-state index contributed by atoms with van der Waals surface area (Å²) in [5.41, 5.74) is 4.03. The van der Waals surface area contributed by atoms with Gasteiger partial charge in [-0.25, -0.2) is 9.67 Å². The molecule has 3 heterocycles. The first-order valence-corrected chi connectivity index (χ1v) is 11.7. The molecule has 1 saturated heterocycles. The average molecular weight is 493 g/mol. The molecule has 3 aromatic rings. The van der Waals surface area contributed by atoms with E-state index in [1.165, 1.54) is 6.08 Å². The Labute approximate surface area is 210 Å². The maximum absolute atomic E-state index is 12.2. The monoisotopic (exact) mass is 492 g/mol. The van der Waals surface area contributed by atoms with E-state index in [1.807, 2.05) is 45.5 Å². The Morgan fingerprint density at radius 1 is 1.25 bits per heavy atom. The molecule has 0 aliphatic carbocycles. The van der Waals surface area contributed by atoms with Crippen molar-refractivity contribution in [3.8, 4) is 11.6 Å². The highest BCUT2D eigenvalue weighted by molar-refractivity contribution is 6.02. The minimum absolute atomic E-state index is 0.304. The zero-order chi connectivity index (χ0) is 25.7. The van der Waals surface area contributed by atoms with Crippen molar-refractivity contribution < 1.29 is 14.3 Å². The molecule has 2 aromatic heterocycles. The first kappa shape index (κ1) is 25.1. The second-order valence-corrected chi connectivity index (χ2v) is 8.72. The molecule has 11 heteroatoms. The van der Waals surface area contributed by atoms with E-state index in [4.69, 9.17) is 14.5 Å². The molecule has 0 atom stereocenters. The number of rotatable bonds is 9. The number of carbonyl (C=O) groups is 1. The summed E-state index contributed by atoms with van der Waals surface area (Å²) in [4.78, 5) is 25.6. The van der Waals surface area contributed by atoms with Gasteiger partial charge in [-0.3, -0.25) is 4.79 Å². The summed E-state index contributed by atoms with van der Waals surface area (Å²) in [6.07, 6.45) is 6.77. The van der Waals surface area contributed by atoms with Gasteiger partial charge in [0, 0.05) is 49.2 Å². The maximum atomic E-state index is 12.2. The predicted molar refractivity (Wildman–Crippen MR) is 139 cm³/mol. The summed E-state index contributed by atoms with van der Waals surface area (Å²) in [6.45, 7) is 8.92. The number of nitrogens with zero attached hydrogens (tertiary/aromatic N) is 6. The van der Waals surface area contributed by atoms with Gasteiger partial charge in [0.1, 0.15) is 5.75 Å². The van der Waals surface area contributed by atoms with Gasteiger partial charge in [-0.05, 0) is 33.2 Å². The van der Waals surface area contributed by atoms with Gasteiger partial charge >= 0.3 is 0 Å². The number of amides is 1. The van der Waals surface area contributed by atoms with Crippen molar-refractivity contribution in [2.45, 2.75) is 13.5 Å². The first-order valence-electron chi connectivity index (χ1n) is 11.7. The highest BCUT2D eigenvalue weighted by Crippen LogP contribution is 2.38. The summed E-state index contributed by atoms with van der Waals surface area (Å²) in [7, 11) is 5.63. The molecule has 1 aromatic carbocycles. The zero-order valence-electron chi connectivity index (χ0n) is 21.1. The summed E-state index contributed by atoms with van der Waals surface area (Å²) >= 11 is 0. The zero-order valence-corrected chi connectivity index (χ0v) is 21.1. The van der Waals surface area contributed by atoms with Crippen LogP contribution in [0, 0.1) is 6.92 Å². The lowest BCUT2D eigenvalue weighted by atomic mass is 10.1. The lowest BCUT2D eigenvalue weighted by Crippen LogP contribution is -2.36. The smallest absolute Gasteiger partial charge is 0.247 e. The second kappa shape index (κ2) is 11.2. The Kier molecular flexibility index (Phi) is 7.81. The van der Waals surface area contributed by atoms with Crippen molar-refractivity contribution in [1.29, 1.82) is 0 Å². The number of morpholine rings is 1.